The monoisotopic (exact) mass is 497 g/mol. The SMILES string of the molecule is Clc1ccc2c(c1)-c1nn(CC3CCCO3)cc1Cc1c(-c3cnn(Cc4ccccn4)c3)ncn1-2. The van der Waals surface area contributed by atoms with Crippen LogP contribution in [-0.2, 0) is 24.2 Å². The minimum atomic E-state index is 0.221. The van der Waals surface area contributed by atoms with Crippen molar-refractivity contribution in [3.8, 4) is 28.2 Å². The van der Waals surface area contributed by atoms with E-state index in [-0.39, 0.29) is 6.10 Å². The summed E-state index contributed by atoms with van der Waals surface area (Å²) in [6, 6.07) is 11.9. The molecule has 36 heavy (non-hydrogen) atoms. The highest BCUT2D eigenvalue weighted by Gasteiger charge is 2.27. The average Bonchev–Trinajstić information content (AvgIpc) is 3.68. The number of benzene rings is 1. The van der Waals surface area contributed by atoms with Gasteiger partial charge in [0, 0.05) is 53.3 Å². The van der Waals surface area contributed by atoms with E-state index in [4.69, 9.17) is 26.4 Å². The van der Waals surface area contributed by atoms with Gasteiger partial charge in [0.15, 0.2) is 0 Å². The summed E-state index contributed by atoms with van der Waals surface area (Å²) in [5.74, 6) is 0. The van der Waals surface area contributed by atoms with Crippen molar-refractivity contribution in [2.24, 2.45) is 0 Å². The first kappa shape index (κ1) is 21.5. The number of rotatable bonds is 5. The van der Waals surface area contributed by atoms with Crippen LogP contribution in [0.2, 0.25) is 5.02 Å². The van der Waals surface area contributed by atoms with Gasteiger partial charge in [0.1, 0.15) is 6.33 Å². The van der Waals surface area contributed by atoms with Crippen LogP contribution in [0.3, 0.4) is 0 Å². The molecular formula is C27H24ClN7O. The Balaban J connectivity index is 1.28. The summed E-state index contributed by atoms with van der Waals surface area (Å²) < 4.78 is 11.9. The molecule has 0 aliphatic carbocycles. The summed E-state index contributed by atoms with van der Waals surface area (Å²) in [4.78, 5) is 9.24. The van der Waals surface area contributed by atoms with Gasteiger partial charge >= 0.3 is 0 Å². The number of ether oxygens (including phenoxy) is 1. The Morgan fingerprint density at radius 3 is 2.89 bits per heavy atom. The maximum atomic E-state index is 6.44. The molecule has 2 aliphatic rings. The number of halogens is 1. The molecule has 0 radical (unpaired) electrons. The average molecular weight is 498 g/mol. The lowest BCUT2D eigenvalue weighted by Crippen LogP contribution is -2.15. The van der Waals surface area contributed by atoms with E-state index in [1.165, 1.54) is 0 Å². The molecule has 6 heterocycles. The first-order valence-corrected chi connectivity index (χ1v) is 12.6. The van der Waals surface area contributed by atoms with E-state index in [0.29, 0.717) is 18.0 Å². The molecule has 9 heteroatoms. The third kappa shape index (κ3) is 3.83. The molecule has 1 saturated heterocycles. The first-order chi connectivity index (χ1) is 17.7. The number of fused-ring (bicyclic) bond motifs is 5. The summed E-state index contributed by atoms with van der Waals surface area (Å²) in [7, 11) is 0. The number of pyridine rings is 1. The smallest absolute Gasteiger partial charge is 0.100 e. The summed E-state index contributed by atoms with van der Waals surface area (Å²) in [6.45, 7) is 2.20. The Labute approximate surface area is 213 Å². The maximum Gasteiger partial charge on any atom is 0.100 e. The minimum absolute atomic E-state index is 0.221. The molecule has 0 spiro atoms. The molecule has 180 valence electrons. The second kappa shape index (κ2) is 8.72. The van der Waals surface area contributed by atoms with Crippen molar-refractivity contribution >= 4 is 11.6 Å². The molecule has 8 nitrogen and oxygen atoms in total. The van der Waals surface area contributed by atoms with Gasteiger partial charge in [-0.1, -0.05) is 17.7 Å². The van der Waals surface area contributed by atoms with Gasteiger partial charge in [0.05, 0.1) is 53.9 Å². The molecule has 0 saturated carbocycles. The lowest BCUT2D eigenvalue weighted by molar-refractivity contribution is 0.0940. The third-order valence-electron chi connectivity index (χ3n) is 6.91. The van der Waals surface area contributed by atoms with Crippen LogP contribution in [0, 0.1) is 0 Å². The molecule has 1 atom stereocenters. The Hall–Kier alpha value is -3.75. The Bertz CT molecular complexity index is 1550. The summed E-state index contributed by atoms with van der Waals surface area (Å²) in [5.41, 5.74) is 8.11. The van der Waals surface area contributed by atoms with E-state index in [9.17, 15) is 0 Å². The van der Waals surface area contributed by atoms with E-state index in [1.54, 1.807) is 6.20 Å². The zero-order chi connectivity index (χ0) is 24.1. The van der Waals surface area contributed by atoms with Crippen molar-refractivity contribution in [3.63, 3.8) is 0 Å². The quantitative estimate of drug-likeness (QED) is 0.342. The van der Waals surface area contributed by atoms with Crippen molar-refractivity contribution in [2.75, 3.05) is 6.61 Å². The molecule has 7 rings (SSSR count). The van der Waals surface area contributed by atoms with Crippen LogP contribution in [0.4, 0.5) is 0 Å². The van der Waals surface area contributed by atoms with Crippen LogP contribution in [0.25, 0.3) is 28.2 Å². The predicted octanol–water partition coefficient (Wildman–Crippen LogP) is 4.78. The Kier molecular flexibility index (Phi) is 5.22. The second-order valence-electron chi connectivity index (χ2n) is 9.36. The van der Waals surface area contributed by atoms with E-state index in [1.807, 2.05) is 64.5 Å². The highest BCUT2D eigenvalue weighted by molar-refractivity contribution is 6.31. The third-order valence-corrected chi connectivity index (χ3v) is 7.14. The summed E-state index contributed by atoms with van der Waals surface area (Å²) in [5, 5.41) is 10.3. The summed E-state index contributed by atoms with van der Waals surface area (Å²) >= 11 is 6.44. The topological polar surface area (TPSA) is 75.6 Å². The van der Waals surface area contributed by atoms with Gasteiger partial charge in [-0.2, -0.15) is 10.2 Å². The Morgan fingerprint density at radius 1 is 1.06 bits per heavy atom. The van der Waals surface area contributed by atoms with Crippen LogP contribution in [0.1, 0.15) is 29.8 Å². The van der Waals surface area contributed by atoms with E-state index < -0.39 is 0 Å². The van der Waals surface area contributed by atoms with Crippen molar-refractivity contribution in [2.45, 2.75) is 38.5 Å². The second-order valence-corrected chi connectivity index (χ2v) is 9.79. The van der Waals surface area contributed by atoms with Crippen LogP contribution < -0.4 is 0 Å². The van der Waals surface area contributed by atoms with Gasteiger partial charge in [0.2, 0.25) is 0 Å². The van der Waals surface area contributed by atoms with Crippen LogP contribution >= 0.6 is 11.6 Å². The molecule has 1 unspecified atom stereocenters. The van der Waals surface area contributed by atoms with Gasteiger partial charge in [-0.15, -0.1) is 0 Å². The lowest BCUT2D eigenvalue weighted by atomic mass is 10.0. The number of aromatic nitrogens is 7. The molecular weight excluding hydrogens is 474 g/mol. The van der Waals surface area contributed by atoms with Crippen molar-refractivity contribution in [3.05, 3.63) is 89.5 Å². The fraction of sp³-hybridized carbons (Fsp3) is 0.259. The molecule has 5 aromatic rings. The minimum Gasteiger partial charge on any atom is -0.376 e. The van der Waals surface area contributed by atoms with Crippen LogP contribution in [-0.4, -0.2) is 46.8 Å². The van der Waals surface area contributed by atoms with Gasteiger partial charge < -0.3 is 9.30 Å². The van der Waals surface area contributed by atoms with Crippen LogP contribution in [0.15, 0.2) is 67.5 Å². The standard InChI is InChI=1S/C27H24ClN7O/c28-20-6-7-24-23(11-20)26-18(13-34(32-26)16-22-5-3-9-36-22)10-25-27(30-17-35(24)25)19-12-31-33(14-19)15-21-4-1-2-8-29-21/h1-2,4,6-8,11-14,17,22H,3,5,9-10,15-16H2. The summed E-state index contributed by atoms with van der Waals surface area (Å²) in [6.07, 6.45) is 12.9. The molecule has 2 aliphatic heterocycles. The zero-order valence-corrected chi connectivity index (χ0v) is 20.3. The highest BCUT2D eigenvalue weighted by atomic mass is 35.5. The van der Waals surface area contributed by atoms with Crippen LogP contribution in [0.5, 0.6) is 0 Å². The van der Waals surface area contributed by atoms with E-state index in [2.05, 4.69) is 20.8 Å². The molecule has 0 N–H and O–H groups in total. The molecule has 1 fully saturated rings. The highest BCUT2D eigenvalue weighted by Crippen LogP contribution is 2.38. The van der Waals surface area contributed by atoms with Gasteiger partial charge in [0.25, 0.3) is 0 Å². The number of nitrogens with zero attached hydrogens (tertiary/aromatic N) is 7. The van der Waals surface area contributed by atoms with Gasteiger partial charge in [-0.3, -0.25) is 14.3 Å². The molecule has 0 bridgehead atoms. The lowest BCUT2D eigenvalue weighted by Gasteiger charge is -2.11. The van der Waals surface area contributed by atoms with Crippen molar-refractivity contribution < 1.29 is 4.74 Å². The fourth-order valence-electron chi connectivity index (χ4n) is 5.22. The van der Waals surface area contributed by atoms with Crippen molar-refractivity contribution in [1.29, 1.82) is 0 Å². The maximum absolute atomic E-state index is 6.44. The van der Waals surface area contributed by atoms with Crippen molar-refractivity contribution in [1.82, 2.24) is 34.1 Å². The first-order valence-electron chi connectivity index (χ1n) is 12.2. The fourth-order valence-corrected chi connectivity index (χ4v) is 5.39. The molecule has 1 aromatic carbocycles. The normalized spacial score (nSPS) is 16.4. The van der Waals surface area contributed by atoms with Gasteiger partial charge in [-0.25, -0.2) is 4.98 Å². The largest absolute Gasteiger partial charge is 0.376 e. The number of hydrogen-bond acceptors (Lipinski definition) is 5. The van der Waals surface area contributed by atoms with E-state index >= 15 is 0 Å². The molecule has 4 aromatic heterocycles. The predicted molar refractivity (Wildman–Crippen MR) is 136 cm³/mol. The Morgan fingerprint density at radius 2 is 2.03 bits per heavy atom. The van der Waals surface area contributed by atoms with Gasteiger partial charge in [-0.05, 0) is 43.2 Å². The number of imidazole rings is 1. The zero-order valence-electron chi connectivity index (χ0n) is 19.6. The van der Waals surface area contributed by atoms with E-state index in [0.717, 1.165) is 71.1 Å². The molecule has 0 amide bonds. The number of hydrogen-bond donors (Lipinski definition) is 0.